The first-order valence-electron chi connectivity index (χ1n) is 6.11. The fraction of sp³-hybridized carbons (Fsp3) is 0.667. The lowest BCUT2D eigenvalue weighted by atomic mass is 9.85. The first-order chi connectivity index (χ1) is 8.56. The summed E-state index contributed by atoms with van der Waals surface area (Å²) in [7, 11) is 1.40. The Bertz CT molecular complexity index is 435. The molecule has 2 atom stereocenters. The zero-order valence-electron chi connectivity index (χ0n) is 10.4. The number of hydrogen-bond acceptors (Lipinski definition) is 4. The minimum Gasteiger partial charge on any atom is -0.468 e. The molecule has 0 spiro atoms. The molecule has 0 aromatic carbocycles. The SMILES string of the molecule is COC(=O)C1(N)CCCC1CCn1cc(Br)cn1. The predicted molar refractivity (Wildman–Crippen MR) is 70.8 cm³/mol. The molecule has 1 aliphatic carbocycles. The largest absolute Gasteiger partial charge is 0.468 e. The Morgan fingerprint density at radius 2 is 2.56 bits per heavy atom. The maximum atomic E-state index is 11.8. The van der Waals surface area contributed by atoms with Crippen molar-refractivity contribution in [1.29, 1.82) is 0 Å². The number of rotatable bonds is 4. The predicted octanol–water partition coefficient (Wildman–Crippen LogP) is 1.71. The van der Waals surface area contributed by atoms with E-state index in [-0.39, 0.29) is 11.9 Å². The number of aromatic nitrogens is 2. The second kappa shape index (κ2) is 5.40. The number of ether oxygens (including phenoxy) is 1. The summed E-state index contributed by atoms with van der Waals surface area (Å²) in [5.41, 5.74) is 5.41. The Morgan fingerprint density at radius 1 is 1.78 bits per heavy atom. The van der Waals surface area contributed by atoms with E-state index >= 15 is 0 Å². The Kier molecular flexibility index (Phi) is 4.07. The van der Waals surface area contributed by atoms with Gasteiger partial charge in [-0.1, -0.05) is 6.42 Å². The number of esters is 1. The molecular formula is C12H18BrN3O2. The molecule has 1 fully saturated rings. The molecule has 1 heterocycles. The summed E-state index contributed by atoms with van der Waals surface area (Å²) >= 11 is 3.36. The zero-order chi connectivity index (χ0) is 13.2. The van der Waals surface area contributed by atoms with E-state index in [1.165, 1.54) is 7.11 Å². The van der Waals surface area contributed by atoms with E-state index in [1.807, 2.05) is 10.9 Å². The van der Waals surface area contributed by atoms with Gasteiger partial charge < -0.3 is 10.5 Å². The maximum absolute atomic E-state index is 11.8. The van der Waals surface area contributed by atoms with Crippen molar-refractivity contribution in [3.8, 4) is 0 Å². The minimum atomic E-state index is -0.806. The van der Waals surface area contributed by atoms with Crippen LogP contribution in [0.4, 0.5) is 0 Å². The lowest BCUT2D eigenvalue weighted by Crippen LogP contribution is -2.51. The summed E-state index contributed by atoms with van der Waals surface area (Å²) in [5, 5.41) is 4.20. The van der Waals surface area contributed by atoms with Crippen molar-refractivity contribution in [2.75, 3.05) is 7.11 Å². The Hall–Kier alpha value is -0.880. The number of aryl methyl sites for hydroxylation is 1. The maximum Gasteiger partial charge on any atom is 0.326 e. The van der Waals surface area contributed by atoms with Crippen LogP contribution in [0.25, 0.3) is 0 Å². The van der Waals surface area contributed by atoms with Crippen LogP contribution in [0.5, 0.6) is 0 Å². The number of nitrogens with two attached hydrogens (primary N) is 1. The second-order valence-corrected chi connectivity index (χ2v) is 5.75. The third kappa shape index (κ3) is 2.59. The van der Waals surface area contributed by atoms with Crippen LogP contribution in [0.15, 0.2) is 16.9 Å². The molecule has 1 aromatic heterocycles. The molecule has 2 N–H and O–H groups in total. The van der Waals surface area contributed by atoms with Crippen molar-refractivity contribution in [3.63, 3.8) is 0 Å². The topological polar surface area (TPSA) is 70.1 Å². The quantitative estimate of drug-likeness (QED) is 0.859. The lowest BCUT2D eigenvalue weighted by Gasteiger charge is -2.28. The molecule has 2 rings (SSSR count). The first-order valence-corrected chi connectivity index (χ1v) is 6.91. The van der Waals surface area contributed by atoms with Gasteiger partial charge in [0, 0.05) is 12.7 Å². The van der Waals surface area contributed by atoms with Gasteiger partial charge in [-0.25, -0.2) is 0 Å². The monoisotopic (exact) mass is 315 g/mol. The number of nitrogens with zero attached hydrogens (tertiary/aromatic N) is 2. The molecule has 0 amide bonds. The third-order valence-electron chi connectivity index (χ3n) is 3.75. The van der Waals surface area contributed by atoms with Gasteiger partial charge in [0.15, 0.2) is 0 Å². The number of halogens is 1. The van der Waals surface area contributed by atoms with Crippen LogP contribution in [-0.4, -0.2) is 28.4 Å². The van der Waals surface area contributed by atoms with E-state index in [0.717, 1.165) is 30.3 Å². The highest BCUT2D eigenvalue weighted by atomic mass is 79.9. The van der Waals surface area contributed by atoms with Crippen molar-refractivity contribution in [1.82, 2.24) is 9.78 Å². The molecule has 0 saturated heterocycles. The standard InChI is InChI=1S/C12H18BrN3O2/c1-18-11(17)12(14)5-2-3-9(12)4-6-16-8-10(13)7-15-16/h7-9H,2-6,14H2,1H3. The molecule has 1 saturated carbocycles. The normalized spacial score (nSPS) is 27.4. The highest BCUT2D eigenvalue weighted by Gasteiger charge is 2.46. The lowest BCUT2D eigenvalue weighted by molar-refractivity contribution is -0.148. The van der Waals surface area contributed by atoms with Crippen molar-refractivity contribution in [2.24, 2.45) is 11.7 Å². The summed E-state index contributed by atoms with van der Waals surface area (Å²) in [6.07, 6.45) is 7.20. The molecule has 1 aliphatic rings. The van der Waals surface area contributed by atoms with Crippen molar-refractivity contribution in [2.45, 2.75) is 37.8 Å². The van der Waals surface area contributed by atoms with Crippen LogP contribution < -0.4 is 5.73 Å². The average molecular weight is 316 g/mol. The molecule has 1 aromatic rings. The van der Waals surface area contributed by atoms with Crippen molar-refractivity contribution in [3.05, 3.63) is 16.9 Å². The molecule has 6 heteroatoms. The van der Waals surface area contributed by atoms with Gasteiger partial charge in [0.1, 0.15) is 5.54 Å². The van der Waals surface area contributed by atoms with Crippen LogP contribution in [-0.2, 0) is 16.1 Å². The summed E-state index contributed by atoms with van der Waals surface area (Å²) in [6, 6.07) is 0. The summed E-state index contributed by atoms with van der Waals surface area (Å²) in [4.78, 5) is 11.8. The fourth-order valence-electron chi connectivity index (χ4n) is 2.71. The number of carbonyl (C=O) groups excluding carboxylic acids is 1. The summed E-state index contributed by atoms with van der Waals surface area (Å²) < 4.78 is 7.65. The molecule has 5 nitrogen and oxygen atoms in total. The van der Waals surface area contributed by atoms with Crippen LogP contribution in [0.3, 0.4) is 0 Å². The highest BCUT2D eigenvalue weighted by Crippen LogP contribution is 2.37. The Balaban J connectivity index is 1.98. The molecular weight excluding hydrogens is 298 g/mol. The highest BCUT2D eigenvalue weighted by molar-refractivity contribution is 9.10. The Morgan fingerprint density at radius 3 is 3.17 bits per heavy atom. The minimum absolute atomic E-state index is 0.174. The van der Waals surface area contributed by atoms with E-state index in [1.54, 1.807) is 6.20 Å². The van der Waals surface area contributed by atoms with Crippen molar-refractivity contribution < 1.29 is 9.53 Å². The number of methoxy groups -OCH3 is 1. The molecule has 0 bridgehead atoms. The van der Waals surface area contributed by atoms with Gasteiger partial charge in [-0.05, 0) is 41.1 Å². The van der Waals surface area contributed by atoms with Crippen molar-refractivity contribution >= 4 is 21.9 Å². The van der Waals surface area contributed by atoms with Gasteiger partial charge in [-0.2, -0.15) is 5.10 Å². The number of hydrogen-bond donors (Lipinski definition) is 1. The molecule has 0 aliphatic heterocycles. The van der Waals surface area contributed by atoms with Crippen LogP contribution in [0, 0.1) is 5.92 Å². The van der Waals surface area contributed by atoms with E-state index < -0.39 is 5.54 Å². The first kappa shape index (κ1) is 13.5. The Labute approximate surface area is 115 Å². The van der Waals surface area contributed by atoms with Gasteiger partial charge in [0.25, 0.3) is 0 Å². The van der Waals surface area contributed by atoms with E-state index in [0.29, 0.717) is 6.42 Å². The molecule has 2 unspecified atom stereocenters. The van der Waals surface area contributed by atoms with E-state index in [4.69, 9.17) is 10.5 Å². The summed E-state index contributed by atoms with van der Waals surface area (Å²) in [6.45, 7) is 0.770. The fourth-order valence-corrected chi connectivity index (χ4v) is 3.04. The van der Waals surface area contributed by atoms with Gasteiger partial charge >= 0.3 is 5.97 Å². The van der Waals surface area contributed by atoms with Crippen LogP contribution >= 0.6 is 15.9 Å². The second-order valence-electron chi connectivity index (χ2n) is 4.83. The summed E-state index contributed by atoms with van der Waals surface area (Å²) in [5.74, 6) is -0.112. The van der Waals surface area contributed by atoms with Gasteiger partial charge in [0.2, 0.25) is 0 Å². The van der Waals surface area contributed by atoms with E-state index in [2.05, 4.69) is 21.0 Å². The van der Waals surface area contributed by atoms with E-state index in [9.17, 15) is 4.79 Å². The zero-order valence-corrected chi connectivity index (χ0v) is 12.0. The smallest absolute Gasteiger partial charge is 0.326 e. The van der Waals surface area contributed by atoms with Gasteiger partial charge in [-0.3, -0.25) is 9.48 Å². The molecule has 18 heavy (non-hydrogen) atoms. The number of carbonyl (C=O) groups is 1. The molecule has 0 radical (unpaired) electrons. The van der Waals surface area contributed by atoms with Gasteiger partial charge in [0.05, 0.1) is 17.8 Å². The van der Waals surface area contributed by atoms with Gasteiger partial charge in [-0.15, -0.1) is 0 Å². The van der Waals surface area contributed by atoms with Crippen LogP contribution in [0.2, 0.25) is 0 Å². The third-order valence-corrected chi connectivity index (χ3v) is 4.15. The van der Waals surface area contributed by atoms with Crippen LogP contribution in [0.1, 0.15) is 25.7 Å². The molecule has 100 valence electrons. The average Bonchev–Trinajstić information content (AvgIpc) is 2.93.